The summed E-state index contributed by atoms with van der Waals surface area (Å²) in [6.45, 7) is 10.3. The van der Waals surface area contributed by atoms with Gasteiger partial charge in [0.15, 0.2) is 0 Å². The average molecular weight is 727 g/mol. The molecule has 1 aliphatic carbocycles. The van der Waals surface area contributed by atoms with Crippen LogP contribution < -0.4 is 21.1 Å². The molecule has 4 rings (SSSR count). The van der Waals surface area contributed by atoms with Crippen molar-refractivity contribution in [2.75, 3.05) is 79.7 Å². The van der Waals surface area contributed by atoms with Gasteiger partial charge in [-0.15, -0.1) is 0 Å². The van der Waals surface area contributed by atoms with Gasteiger partial charge in [-0.25, -0.2) is 0 Å². The summed E-state index contributed by atoms with van der Waals surface area (Å²) in [5.74, 6) is -0.289. The summed E-state index contributed by atoms with van der Waals surface area (Å²) in [5.41, 5.74) is 8.96. The zero-order valence-corrected chi connectivity index (χ0v) is 31.3. The SMILES string of the molecule is COCC(=O)NC(C(=O)N1Cc2cc(OCCOCCOCCOCCOCCN)ccc2CC1C(=O)N[C@@H]1CCCc2ccccc21)C(C)(C)C. The minimum Gasteiger partial charge on any atom is -0.491 e. The average Bonchev–Trinajstić information content (AvgIpc) is 3.13. The van der Waals surface area contributed by atoms with Crippen LogP contribution in [0, 0.1) is 5.41 Å². The highest BCUT2D eigenvalue weighted by atomic mass is 16.6. The third-order valence-corrected chi connectivity index (χ3v) is 9.15. The molecule has 1 heterocycles. The molecule has 0 aromatic heterocycles. The number of fused-ring (bicyclic) bond motifs is 2. The van der Waals surface area contributed by atoms with Crippen molar-refractivity contribution in [2.45, 2.75) is 71.1 Å². The summed E-state index contributed by atoms with van der Waals surface area (Å²) in [6, 6.07) is 12.2. The van der Waals surface area contributed by atoms with Gasteiger partial charge in [0, 0.05) is 26.6 Å². The lowest BCUT2D eigenvalue weighted by Crippen LogP contribution is -2.61. The Morgan fingerprint density at radius 1 is 0.865 bits per heavy atom. The van der Waals surface area contributed by atoms with Crippen molar-refractivity contribution >= 4 is 17.7 Å². The molecule has 2 aromatic carbocycles. The Morgan fingerprint density at radius 2 is 1.52 bits per heavy atom. The maximum atomic E-state index is 14.4. The second-order valence-electron chi connectivity index (χ2n) is 14.2. The van der Waals surface area contributed by atoms with Crippen molar-refractivity contribution in [3.8, 4) is 5.75 Å². The Kier molecular flexibility index (Phi) is 16.8. The topological polar surface area (TPSA) is 160 Å². The largest absolute Gasteiger partial charge is 0.491 e. The molecule has 52 heavy (non-hydrogen) atoms. The molecule has 0 bridgehead atoms. The number of carbonyl (C=O) groups is 3. The number of nitrogens with two attached hydrogens (primary N) is 1. The Bertz CT molecular complexity index is 1430. The molecule has 1 aliphatic heterocycles. The molecule has 3 amide bonds. The number of nitrogens with zero attached hydrogens (tertiary/aromatic N) is 1. The molecule has 13 heteroatoms. The van der Waals surface area contributed by atoms with Crippen molar-refractivity contribution in [2.24, 2.45) is 11.1 Å². The number of carbonyl (C=O) groups excluding carboxylic acids is 3. The molecule has 13 nitrogen and oxygen atoms in total. The quantitative estimate of drug-likeness (QED) is 0.163. The van der Waals surface area contributed by atoms with E-state index in [4.69, 9.17) is 34.2 Å². The molecule has 2 aromatic rings. The van der Waals surface area contributed by atoms with Crippen LogP contribution in [0.2, 0.25) is 0 Å². The van der Waals surface area contributed by atoms with E-state index in [-0.39, 0.29) is 31.0 Å². The molecule has 0 fully saturated rings. The van der Waals surface area contributed by atoms with Crippen LogP contribution in [0.3, 0.4) is 0 Å². The Labute approximate surface area is 308 Å². The normalized spacial score (nSPS) is 17.5. The number of benzene rings is 2. The minimum absolute atomic E-state index is 0.133. The summed E-state index contributed by atoms with van der Waals surface area (Å²) in [5, 5.41) is 6.14. The first kappa shape index (κ1) is 41.2. The molecular weight excluding hydrogens is 668 g/mol. The van der Waals surface area contributed by atoms with Gasteiger partial charge in [-0.2, -0.15) is 0 Å². The van der Waals surface area contributed by atoms with E-state index in [0.29, 0.717) is 78.2 Å². The Hall–Kier alpha value is -3.59. The van der Waals surface area contributed by atoms with Gasteiger partial charge in [0.25, 0.3) is 0 Å². The van der Waals surface area contributed by atoms with Crippen molar-refractivity contribution < 1.29 is 42.8 Å². The minimum atomic E-state index is -0.878. The van der Waals surface area contributed by atoms with Crippen molar-refractivity contribution in [1.29, 1.82) is 0 Å². The molecule has 0 spiro atoms. The lowest BCUT2D eigenvalue weighted by molar-refractivity contribution is -0.147. The van der Waals surface area contributed by atoms with E-state index in [9.17, 15) is 14.4 Å². The third-order valence-electron chi connectivity index (χ3n) is 9.15. The maximum absolute atomic E-state index is 14.4. The molecule has 2 unspecified atom stereocenters. The molecule has 4 N–H and O–H groups in total. The van der Waals surface area contributed by atoms with Crippen LogP contribution in [0.1, 0.15) is 61.9 Å². The number of methoxy groups -OCH3 is 1. The van der Waals surface area contributed by atoms with Crippen molar-refractivity contribution in [1.82, 2.24) is 15.5 Å². The highest BCUT2D eigenvalue weighted by Gasteiger charge is 2.42. The van der Waals surface area contributed by atoms with Crippen LogP contribution >= 0.6 is 0 Å². The van der Waals surface area contributed by atoms with Gasteiger partial charge < -0.3 is 49.7 Å². The van der Waals surface area contributed by atoms with Gasteiger partial charge in [-0.1, -0.05) is 51.1 Å². The zero-order chi connectivity index (χ0) is 37.3. The Balaban J connectivity index is 1.37. The number of amides is 3. The van der Waals surface area contributed by atoms with Crippen molar-refractivity contribution in [3.05, 3.63) is 64.7 Å². The monoisotopic (exact) mass is 726 g/mol. The molecule has 0 radical (unpaired) electrons. The third kappa shape index (κ3) is 12.5. The standard InChI is InChI=1S/C39H58N4O9/c1-39(2,3)36(42-35(44)27-47-4)38(46)43-26-30-24-31(52-23-22-51-21-20-50-19-18-49-17-16-48-15-14-40)13-12-29(30)25-34(43)37(45)41-33-11-7-9-28-8-5-6-10-32(28)33/h5-6,8,10,12-13,24,33-34,36H,7,9,11,14-23,25-27,40H2,1-4H3,(H,41,45)(H,42,44)/t33-,34?,36?/m1/s1. The van der Waals surface area contributed by atoms with E-state index in [0.717, 1.165) is 36.0 Å². The first-order chi connectivity index (χ1) is 25.1. The van der Waals surface area contributed by atoms with Crippen LogP contribution in [-0.2, 0) is 57.5 Å². The fourth-order valence-corrected chi connectivity index (χ4v) is 6.50. The summed E-state index contributed by atoms with van der Waals surface area (Å²) in [7, 11) is 1.43. The van der Waals surface area contributed by atoms with Crippen LogP contribution in [0.25, 0.3) is 0 Å². The van der Waals surface area contributed by atoms with E-state index < -0.39 is 23.4 Å². The number of nitrogens with one attached hydrogen (secondary N) is 2. The summed E-state index contributed by atoms with van der Waals surface area (Å²) in [4.78, 5) is 42.9. The van der Waals surface area contributed by atoms with E-state index >= 15 is 0 Å². The number of ether oxygens (including phenoxy) is 6. The number of hydrogen-bond donors (Lipinski definition) is 3. The molecule has 2 aliphatic rings. The van der Waals surface area contributed by atoms with Crippen LogP contribution in [-0.4, -0.2) is 114 Å². The predicted octanol–water partition coefficient (Wildman–Crippen LogP) is 2.71. The van der Waals surface area contributed by atoms with Crippen LogP contribution in [0.15, 0.2) is 42.5 Å². The van der Waals surface area contributed by atoms with E-state index in [1.807, 2.05) is 51.1 Å². The zero-order valence-electron chi connectivity index (χ0n) is 31.3. The van der Waals surface area contributed by atoms with Gasteiger partial charge in [0.2, 0.25) is 17.7 Å². The summed E-state index contributed by atoms with van der Waals surface area (Å²) >= 11 is 0. The first-order valence-electron chi connectivity index (χ1n) is 18.3. The van der Waals surface area contributed by atoms with Crippen LogP contribution in [0.4, 0.5) is 0 Å². The van der Waals surface area contributed by atoms with Gasteiger partial charge in [0.1, 0.15) is 31.0 Å². The van der Waals surface area contributed by atoms with Gasteiger partial charge in [-0.3, -0.25) is 14.4 Å². The summed E-state index contributed by atoms with van der Waals surface area (Å²) in [6.07, 6.45) is 3.11. The molecule has 3 atom stereocenters. The molecule has 0 saturated carbocycles. The number of aryl methyl sites for hydroxylation is 1. The number of rotatable bonds is 21. The Morgan fingerprint density at radius 3 is 2.17 bits per heavy atom. The second kappa shape index (κ2) is 21.2. The smallest absolute Gasteiger partial charge is 0.246 e. The highest BCUT2D eigenvalue weighted by molar-refractivity contribution is 5.93. The maximum Gasteiger partial charge on any atom is 0.246 e. The highest BCUT2D eigenvalue weighted by Crippen LogP contribution is 2.33. The van der Waals surface area contributed by atoms with Crippen LogP contribution in [0.5, 0.6) is 5.75 Å². The van der Waals surface area contributed by atoms with E-state index in [1.165, 1.54) is 12.7 Å². The first-order valence-corrected chi connectivity index (χ1v) is 18.3. The predicted molar refractivity (Wildman–Crippen MR) is 196 cm³/mol. The van der Waals surface area contributed by atoms with Crippen molar-refractivity contribution in [3.63, 3.8) is 0 Å². The number of hydrogen-bond acceptors (Lipinski definition) is 10. The van der Waals surface area contributed by atoms with E-state index in [1.54, 1.807) is 4.90 Å². The lowest BCUT2D eigenvalue weighted by atomic mass is 9.84. The fraction of sp³-hybridized carbons (Fsp3) is 0.615. The van der Waals surface area contributed by atoms with Gasteiger partial charge >= 0.3 is 0 Å². The fourth-order valence-electron chi connectivity index (χ4n) is 6.50. The van der Waals surface area contributed by atoms with Gasteiger partial charge in [0.05, 0.1) is 58.9 Å². The molecule has 288 valence electrons. The van der Waals surface area contributed by atoms with Gasteiger partial charge in [-0.05, 0) is 59.1 Å². The summed E-state index contributed by atoms with van der Waals surface area (Å²) < 4.78 is 32.9. The lowest BCUT2D eigenvalue weighted by Gasteiger charge is -2.41. The van der Waals surface area contributed by atoms with E-state index in [2.05, 4.69) is 22.8 Å². The molecular formula is C39H58N4O9. The second-order valence-corrected chi connectivity index (χ2v) is 14.2. The molecule has 0 saturated heterocycles.